The Morgan fingerprint density at radius 3 is 2.15 bits per heavy atom. The van der Waals surface area contributed by atoms with Crippen LogP contribution in [0.5, 0.6) is 0 Å². The van der Waals surface area contributed by atoms with E-state index in [1.807, 2.05) is 6.92 Å². The molecule has 0 aromatic carbocycles. The topological polar surface area (TPSA) is 90.0 Å². The Labute approximate surface area is 155 Å². The van der Waals surface area contributed by atoms with E-state index in [1.165, 1.54) is 0 Å². The van der Waals surface area contributed by atoms with Gasteiger partial charge in [0, 0.05) is 44.8 Å². The van der Waals surface area contributed by atoms with Crippen molar-refractivity contribution in [3.05, 3.63) is 0 Å². The maximum Gasteiger partial charge on any atom is 0.237 e. The van der Waals surface area contributed by atoms with E-state index in [2.05, 4.69) is 15.1 Å². The van der Waals surface area contributed by atoms with Crippen molar-refractivity contribution in [2.24, 2.45) is 0 Å². The number of hydrogen-bond acceptors (Lipinski definition) is 6. The lowest BCUT2D eigenvalue weighted by Crippen LogP contribution is -2.53. The van der Waals surface area contributed by atoms with Crippen LogP contribution in [0.4, 0.5) is 0 Å². The molecular formula is C17H30N4O4S. The van der Waals surface area contributed by atoms with Crippen molar-refractivity contribution in [2.45, 2.75) is 38.3 Å². The normalized spacial score (nSPS) is 26.6. The lowest BCUT2D eigenvalue weighted by atomic mass is 10.2. The molecule has 2 heterocycles. The molecule has 2 amide bonds. The van der Waals surface area contributed by atoms with Crippen molar-refractivity contribution < 1.29 is 18.0 Å². The third-order valence-electron chi connectivity index (χ3n) is 5.44. The average molecular weight is 387 g/mol. The van der Waals surface area contributed by atoms with Crippen molar-refractivity contribution in [3.63, 3.8) is 0 Å². The summed E-state index contributed by atoms with van der Waals surface area (Å²) in [6.07, 6.45) is 2.74. The number of carbonyl (C=O) groups excluding carboxylic acids is 2. The zero-order chi connectivity index (χ0) is 18.7. The molecule has 0 radical (unpaired) electrons. The van der Waals surface area contributed by atoms with Crippen LogP contribution in [0.2, 0.25) is 0 Å². The van der Waals surface area contributed by atoms with Crippen LogP contribution in [0.1, 0.15) is 26.2 Å². The van der Waals surface area contributed by atoms with Crippen LogP contribution >= 0.6 is 0 Å². The van der Waals surface area contributed by atoms with Gasteiger partial charge in [-0.2, -0.15) is 0 Å². The summed E-state index contributed by atoms with van der Waals surface area (Å²) in [6.45, 7) is 6.25. The SMILES string of the molecule is CCN(C(=O)CN1CCN(CC(=O)NC2CC2)CC1)C1CCS(=O)(=O)C1. The highest BCUT2D eigenvalue weighted by molar-refractivity contribution is 7.91. The summed E-state index contributed by atoms with van der Waals surface area (Å²) in [7, 11) is -2.99. The number of nitrogens with one attached hydrogen (secondary N) is 1. The third-order valence-corrected chi connectivity index (χ3v) is 7.19. The number of sulfone groups is 1. The maximum atomic E-state index is 12.6. The van der Waals surface area contributed by atoms with Gasteiger partial charge in [0.15, 0.2) is 9.84 Å². The molecule has 0 aromatic rings. The first-order valence-corrected chi connectivity index (χ1v) is 11.4. The second kappa shape index (κ2) is 8.22. The minimum Gasteiger partial charge on any atom is -0.352 e. The number of hydrogen-bond donors (Lipinski definition) is 1. The molecule has 0 aromatic heterocycles. The van der Waals surface area contributed by atoms with Crippen molar-refractivity contribution in [1.82, 2.24) is 20.0 Å². The zero-order valence-corrected chi connectivity index (χ0v) is 16.3. The van der Waals surface area contributed by atoms with E-state index in [1.54, 1.807) is 4.90 Å². The van der Waals surface area contributed by atoms with Gasteiger partial charge in [-0.25, -0.2) is 8.42 Å². The summed E-state index contributed by atoms with van der Waals surface area (Å²) < 4.78 is 23.4. The number of nitrogens with zero attached hydrogens (tertiary/aromatic N) is 3. The van der Waals surface area contributed by atoms with Crippen molar-refractivity contribution in [3.8, 4) is 0 Å². The molecule has 148 valence electrons. The lowest BCUT2D eigenvalue weighted by Gasteiger charge is -2.35. The van der Waals surface area contributed by atoms with E-state index in [0.29, 0.717) is 32.1 Å². The van der Waals surface area contributed by atoms with Gasteiger partial charge in [0.2, 0.25) is 11.8 Å². The van der Waals surface area contributed by atoms with Gasteiger partial charge >= 0.3 is 0 Å². The highest BCUT2D eigenvalue weighted by Gasteiger charge is 2.34. The minimum absolute atomic E-state index is 0.00882. The molecule has 3 rings (SSSR count). The highest BCUT2D eigenvalue weighted by Crippen LogP contribution is 2.19. The number of rotatable bonds is 7. The van der Waals surface area contributed by atoms with Gasteiger partial charge in [-0.1, -0.05) is 0 Å². The molecule has 1 atom stereocenters. The summed E-state index contributed by atoms with van der Waals surface area (Å²) in [6, 6.07) is 0.214. The Morgan fingerprint density at radius 1 is 1.04 bits per heavy atom. The Morgan fingerprint density at radius 2 is 1.65 bits per heavy atom. The van der Waals surface area contributed by atoms with Gasteiger partial charge in [0.05, 0.1) is 24.6 Å². The Balaban J connectivity index is 1.41. The Bertz CT molecular complexity index is 627. The fraction of sp³-hybridized carbons (Fsp3) is 0.882. The number of likely N-dealkylation sites (N-methyl/N-ethyl adjacent to an activating group) is 1. The lowest BCUT2D eigenvalue weighted by molar-refractivity contribution is -0.135. The summed E-state index contributed by atoms with van der Waals surface area (Å²) in [5, 5.41) is 3.00. The largest absolute Gasteiger partial charge is 0.352 e. The van der Waals surface area contributed by atoms with Gasteiger partial charge in [0.25, 0.3) is 0 Å². The fourth-order valence-electron chi connectivity index (χ4n) is 3.75. The number of piperazine rings is 1. The van der Waals surface area contributed by atoms with Gasteiger partial charge in [-0.3, -0.25) is 19.4 Å². The Kier molecular flexibility index (Phi) is 6.19. The second-order valence-corrected chi connectivity index (χ2v) is 9.86. The molecule has 3 aliphatic rings. The molecule has 3 fully saturated rings. The molecular weight excluding hydrogens is 356 g/mol. The number of amides is 2. The zero-order valence-electron chi connectivity index (χ0n) is 15.5. The molecule has 1 aliphatic carbocycles. The van der Waals surface area contributed by atoms with Gasteiger partial charge < -0.3 is 10.2 Å². The smallest absolute Gasteiger partial charge is 0.237 e. The summed E-state index contributed by atoms with van der Waals surface area (Å²) in [5.74, 6) is 0.380. The molecule has 1 saturated carbocycles. The summed E-state index contributed by atoms with van der Waals surface area (Å²) in [5.41, 5.74) is 0. The average Bonchev–Trinajstić information content (AvgIpc) is 3.31. The van der Waals surface area contributed by atoms with Crippen LogP contribution in [0.15, 0.2) is 0 Å². The van der Waals surface area contributed by atoms with Gasteiger partial charge in [0.1, 0.15) is 0 Å². The molecule has 0 bridgehead atoms. The quantitative estimate of drug-likeness (QED) is 0.599. The van der Waals surface area contributed by atoms with E-state index in [0.717, 1.165) is 39.0 Å². The first-order chi connectivity index (χ1) is 12.4. The van der Waals surface area contributed by atoms with Crippen molar-refractivity contribution in [2.75, 3.05) is 57.3 Å². The second-order valence-electron chi connectivity index (χ2n) is 7.63. The monoisotopic (exact) mass is 386 g/mol. The molecule has 1 unspecified atom stereocenters. The van der Waals surface area contributed by atoms with Crippen LogP contribution in [0.25, 0.3) is 0 Å². The van der Waals surface area contributed by atoms with Crippen molar-refractivity contribution >= 4 is 21.7 Å². The minimum atomic E-state index is -2.99. The van der Waals surface area contributed by atoms with Crippen LogP contribution in [0, 0.1) is 0 Å². The fourth-order valence-corrected chi connectivity index (χ4v) is 5.48. The molecule has 9 heteroatoms. The van der Waals surface area contributed by atoms with E-state index in [4.69, 9.17) is 0 Å². The first-order valence-electron chi connectivity index (χ1n) is 9.60. The van der Waals surface area contributed by atoms with Gasteiger partial charge in [-0.15, -0.1) is 0 Å². The summed E-state index contributed by atoms with van der Waals surface area (Å²) >= 11 is 0. The molecule has 8 nitrogen and oxygen atoms in total. The van der Waals surface area contributed by atoms with Gasteiger partial charge in [-0.05, 0) is 26.2 Å². The number of carbonyl (C=O) groups is 2. The van der Waals surface area contributed by atoms with Crippen LogP contribution in [-0.4, -0.2) is 104 Å². The molecule has 2 aliphatic heterocycles. The predicted octanol–water partition coefficient (Wildman–Crippen LogP) is -1.08. The third kappa shape index (κ3) is 5.40. The predicted molar refractivity (Wildman–Crippen MR) is 98.5 cm³/mol. The van der Waals surface area contributed by atoms with E-state index < -0.39 is 9.84 Å². The first kappa shape index (κ1) is 19.6. The van der Waals surface area contributed by atoms with Crippen LogP contribution in [-0.2, 0) is 19.4 Å². The highest BCUT2D eigenvalue weighted by atomic mass is 32.2. The standard InChI is InChI=1S/C17H30N4O4S/c1-2-21(15-5-10-26(24,25)13-15)17(23)12-20-8-6-19(7-9-20)11-16(22)18-14-3-4-14/h14-15H,2-13H2,1H3,(H,18,22). The maximum absolute atomic E-state index is 12.6. The van der Waals surface area contributed by atoms with Crippen LogP contribution < -0.4 is 5.32 Å². The van der Waals surface area contributed by atoms with Crippen LogP contribution in [0.3, 0.4) is 0 Å². The van der Waals surface area contributed by atoms with E-state index in [-0.39, 0.29) is 29.4 Å². The van der Waals surface area contributed by atoms with Crippen molar-refractivity contribution in [1.29, 1.82) is 0 Å². The molecule has 1 N–H and O–H groups in total. The molecule has 26 heavy (non-hydrogen) atoms. The molecule has 0 spiro atoms. The van der Waals surface area contributed by atoms with E-state index >= 15 is 0 Å². The Hall–Kier alpha value is -1.19. The molecule has 2 saturated heterocycles. The van der Waals surface area contributed by atoms with E-state index in [9.17, 15) is 18.0 Å². The summed E-state index contributed by atoms with van der Waals surface area (Å²) in [4.78, 5) is 30.5.